The Kier molecular flexibility index (Phi) is 3.08. The topological polar surface area (TPSA) is 68.0 Å². The van der Waals surface area contributed by atoms with Crippen molar-refractivity contribution in [1.29, 1.82) is 0 Å². The van der Waals surface area contributed by atoms with E-state index in [1.807, 2.05) is 0 Å². The van der Waals surface area contributed by atoms with Crippen molar-refractivity contribution in [2.45, 2.75) is 25.7 Å². The molecule has 0 fully saturated rings. The second-order valence-electron chi connectivity index (χ2n) is 3.00. The van der Waals surface area contributed by atoms with Crippen molar-refractivity contribution in [2.75, 3.05) is 0 Å². The first kappa shape index (κ1) is 11.6. The molecule has 1 N–H and O–H groups in total. The molecule has 5 nitrogen and oxygen atoms in total. The molecule has 0 radical (unpaired) electrons. The summed E-state index contributed by atoms with van der Waals surface area (Å²) in [4.78, 5) is 10.7. The number of halogens is 3. The highest BCUT2D eigenvalue weighted by Gasteiger charge is 2.41. The van der Waals surface area contributed by atoms with E-state index in [2.05, 4.69) is 10.3 Å². The van der Waals surface area contributed by atoms with Crippen molar-refractivity contribution in [3.05, 3.63) is 11.9 Å². The van der Waals surface area contributed by atoms with Crippen LogP contribution in [0, 0.1) is 0 Å². The molecule has 15 heavy (non-hydrogen) atoms. The fourth-order valence-electron chi connectivity index (χ4n) is 0.908. The Morgan fingerprint density at radius 3 is 2.73 bits per heavy atom. The maximum Gasteiger partial charge on any atom is 0.456 e. The molecule has 1 atom stereocenters. The third kappa shape index (κ3) is 3.01. The van der Waals surface area contributed by atoms with E-state index in [-0.39, 0.29) is 6.54 Å². The van der Waals surface area contributed by atoms with Gasteiger partial charge in [-0.05, 0) is 6.92 Å². The highest BCUT2D eigenvalue weighted by Crippen LogP contribution is 2.19. The van der Waals surface area contributed by atoms with Gasteiger partial charge in [-0.25, -0.2) is 4.68 Å². The number of alkyl halides is 3. The SMILES string of the molecule is CC(O)Cn1cc(C(=O)C(F)(F)F)nn1. The predicted molar refractivity (Wildman–Crippen MR) is 42.1 cm³/mol. The summed E-state index contributed by atoms with van der Waals surface area (Å²) in [5, 5.41) is 15.3. The molecule has 0 aromatic carbocycles. The van der Waals surface area contributed by atoms with Crippen LogP contribution in [0.2, 0.25) is 0 Å². The zero-order valence-corrected chi connectivity index (χ0v) is 7.69. The number of aliphatic hydroxyl groups is 1. The van der Waals surface area contributed by atoms with Crippen LogP contribution in [0.15, 0.2) is 6.20 Å². The molecule has 84 valence electrons. The number of aliphatic hydroxyl groups excluding tert-OH is 1. The average molecular weight is 223 g/mol. The molecule has 0 aliphatic rings. The van der Waals surface area contributed by atoms with E-state index >= 15 is 0 Å². The van der Waals surface area contributed by atoms with Crippen LogP contribution in [0.4, 0.5) is 13.2 Å². The normalized spacial score (nSPS) is 13.9. The fraction of sp³-hybridized carbons (Fsp3) is 0.571. The maximum atomic E-state index is 11.9. The van der Waals surface area contributed by atoms with E-state index in [1.54, 1.807) is 0 Å². The van der Waals surface area contributed by atoms with Crippen LogP contribution in [0.25, 0.3) is 0 Å². The average Bonchev–Trinajstić information content (AvgIpc) is 2.48. The van der Waals surface area contributed by atoms with E-state index in [4.69, 9.17) is 5.11 Å². The molecular weight excluding hydrogens is 215 g/mol. The van der Waals surface area contributed by atoms with Gasteiger partial charge in [0.2, 0.25) is 0 Å². The van der Waals surface area contributed by atoms with E-state index in [1.165, 1.54) is 6.92 Å². The lowest BCUT2D eigenvalue weighted by Gasteiger charge is -2.02. The van der Waals surface area contributed by atoms with Gasteiger partial charge in [-0.3, -0.25) is 4.79 Å². The van der Waals surface area contributed by atoms with Crippen molar-refractivity contribution in [3.8, 4) is 0 Å². The number of rotatable bonds is 3. The van der Waals surface area contributed by atoms with Crippen LogP contribution < -0.4 is 0 Å². The summed E-state index contributed by atoms with van der Waals surface area (Å²) in [5.41, 5.74) is -0.775. The Bertz CT molecular complexity index is 359. The van der Waals surface area contributed by atoms with Gasteiger partial charge in [-0.1, -0.05) is 5.21 Å². The molecule has 0 spiro atoms. The highest BCUT2D eigenvalue weighted by molar-refractivity contribution is 5.98. The summed E-state index contributed by atoms with van der Waals surface area (Å²) in [6.45, 7) is 1.42. The lowest BCUT2D eigenvalue weighted by molar-refractivity contribution is -0.0888. The third-order valence-corrected chi connectivity index (χ3v) is 1.48. The van der Waals surface area contributed by atoms with Gasteiger partial charge in [0.25, 0.3) is 5.78 Å². The van der Waals surface area contributed by atoms with Crippen molar-refractivity contribution in [3.63, 3.8) is 0 Å². The van der Waals surface area contributed by atoms with Gasteiger partial charge in [-0.15, -0.1) is 5.10 Å². The molecule has 0 aliphatic carbocycles. The zero-order valence-electron chi connectivity index (χ0n) is 7.69. The minimum atomic E-state index is -4.95. The van der Waals surface area contributed by atoms with Crippen LogP contribution in [-0.4, -0.2) is 38.2 Å². The van der Waals surface area contributed by atoms with Crippen molar-refractivity contribution >= 4 is 5.78 Å². The molecule has 1 unspecified atom stereocenters. The molecule has 0 bridgehead atoms. The number of carbonyl (C=O) groups excluding carboxylic acids is 1. The first-order chi connectivity index (χ1) is 6.80. The first-order valence-corrected chi connectivity index (χ1v) is 4.00. The molecule has 8 heteroatoms. The summed E-state index contributed by atoms with van der Waals surface area (Å²) in [6.07, 6.45) is -4.88. The number of carbonyl (C=O) groups is 1. The van der Waals surface area contributed by atoms with Crippen LogP contribution >= 0.6 is 0 Å². The van der Waals surface area contributed by atoms with Crippen LogP contribution in [0.1, 0.15) is 17.4 Å². The Labute approximate surface area is 82.5 Å². The minimum Gasteiger partial charge on any atom is -0.391 e. The van der Waals surface area contributed by atoms with Crippen molar-refractivity contribution < 1.29 is 23.1 Å². The van der Waals surface area contributed by atoms with Crippen molar-refractivity contribution in [2.24, 2.45) is 0 Å². The zero-order chi connectivity index (χ0) is 11.6. The lowest BCUT2D eigenvalue weighted by atomic mass is 10.3. The number of hydrogen-bond acceptors (Lipinski definition) is 4. The second-order valence-corrected chi connectivity index (χ2v) is 3.00. The maximum absolute atomic E-state index is 11.9. The van der Waals surface area contributed by atoms with E-state index in [0.717, 1.165) is 10.9 Å². The summed E-state index contributed by atoms with van der Waals surface area (Å²) in [6, 6.07) is 0. The second kappa shape index (κ2) is 3.97. The van der Waals surface area contributed by atoms with E-state index < -0.39 is 23.8 Å². The Morgan fingerprint density at radius 2 is 2.27 bits per heavy atom. The monoisotopic (exact) mass is 223 g/mol. The number of nitrogens with zero attached hydrogens (tertiary/aromatic N) is 3. The molecule has 0 amide bonds. The summed E-state index contributed by atoms with van der Waals surface area (Å²) in [7, 11) is 0. The number of ketones is 1. The van der Waals surface area contributed by atoms with Gasteiger partial charge in [0.05, 0.1) is 18.8 Å². The van der Waals surface area contributed by atoms with Gasteiger partial charge >= 0.3 is 6.18 Å². The molecule has 0 saturated carbocycles. The molecule has 0 saturated heterocycles. The number of Topliss-reactive ketones (excluding diaryl/α,β-unsaturated/α-hetero) is 1. The molecular formula is C7H8F3N3O2. The third-order valence-electron chi connectivity index (χ3n) is 1.48. The van der Waals surface area contributed by atoms with Gasteiger partial charge in [-0.2, -0.15) is 13.2 Å². The Morgan fingerprint density at radius 1 is 1.67 bits per heavy atom. The predicted octanol–water partition coefficient (Wildman–Crippen LogP) is 0.404. The number of aromatic nitrogens is 3. The molecule has 1 aromatic heterocycles. The molecule has 0 aliphatic heterocycles. The summed E-state index contributed by atoms with van der Waals surface area (Å²) < 4.78 is 36.8. The standard InChI is InChI=1S/C7H8F3N3O2/c1-4(14)2-13-3-5(11-12-13)6(15)7(8,9)10/h3-4,14H,2H2,1H3. The van der Waals surface area contributed by atoms with E-state index in [0.29, 0.717) is 0 Å². The number of hydrogen-bond donors (Lipinski definition) is 1. The summed E-state index contributed by atoms with van der Waals surface area (Å²) in [5.74, 6) is -2.04. The van der Waals surface area contributed by atoms with Gasteiger partial charge in [0.1, 0.15) is 0 Å². The smallest absolute Gasteiger partial charge is 0.391 e. The Balaban J connectivity index is 2.81. The fourth-order valence-corrected chi connectivity index (χ4v) is 0.908. The largest absolute Gasteiger partial charge is 0.456 e. The minimum absolute atomic E-state index is 0.0157. The van der Waals surface area contributed by atoms with Crippen LogP contribution in [-0.2, 0) is 6.54 Å². The molecule has 1 heterocycles. The van der Waals surface area contributed by atoms with Crippen LogP contribution in [0.5, 0.6) is 0 Å². The Hall–Kier alpha value is -1.44. The molecule has 1 rings (SSSR count). The quantitative estimate of drug-likeness (QED) is 0.753. The summed E-state index contributed by atoms with van der Waals surface area (Å²) >= 11 is 0. The van der Waals surface area contributed by atoms with Gasteiger partial charge in [0.15, 0.2) is 5.69 Å². The van der Waals surface area contributed by atoms with Crippen molar-refractivity contribution in [1.82, 2.24) is 15.0 Å². The first-order valence-electron chi connectivity index (χ1n) is 4.00. The van der Waals surface area contributed by atoms with Crippen LogP contribution in [0.3, 0.4) is 0 Å². The lowest BCUT2D eigenvalue weighted by Crippen LogP contribution is -2.23. The highest BCUT2D eigenvalue weighted by atomic mass is 19.4. The van der Waals surface area contributed by atoms with E-state index in [9.17, 15) is 18.0 Å². The van der Waals surface area contributed by atoms with Gasteiger partial charge in [0, 0.05) is 0 Å². The van der Waals surface area contributed by atoms with Gasteiger partial charge < -0.3 is 5.11 Å². The molecule has 1 aromatic rings.